The molecule has 0 aromatic rings. The van der Waals surface area contributed by atoms with Crippen LogP contribution in [0.25, 0.3) is 0 Å². The SMILES string of the molecule is CC1CC(C)CC2(CNC(=O)C2)C1. The number of hydrogen-bond acceptors (Lipinski definition) is 1. The molecule has 2 nitrogen and oxygen atoms in total. The molecule has 1 aliphatic heterocycles. The first-order valence-electron chi connectivity index (χ1n) is 5.36. The zero-order valence-electron chi connectivity index (χ0n) is 8.60. The summed E-state index contributed by atoms with van der Waals surface area (Å²) in [4.78, 5) is 11.2. The van der Waals surface area contributed by atoms with Gasteiger partial charge in [-0.3, -0.25) is 4.79 Å². The van der Waals surface area contributed by atoms with E-state index in [4.69, 9.17) is 0 Å². The third-order valence-corrected chi connectivity index (χ3v) is 3.56. The van der Waals surface area contributed by atoms with Gasteiger partial charge in [-0.1, -0.05) is 13.8 Å². The second-order valence-electron chi connectivity index (χ2n) is 5.31. The van der Waals surface area contributed by atoms with Crippen LogP contribution in [-0.2, 0) is 4.79 Å². The second-order valence-corrected chi connectivity index (χ2v) is 5.31. The summed E-state index contributed by atoms with van der Waals surface area (Å²) in [5.74, 6) is 1.87. The first-order chi connectivity index (χ1) is 6.10. The zero-order valence-corrected chi connectivity index (χ0v) is 8.60. The first kappa shape index (κ1) is 9.04. The molecule has 1 N–H and O–H groups in total. The lowest BCUT2D eigenvalue weighted by Gasteiger charge is -2.38. The lowest BCUT2D eigenvalue weighted by molar-refractivity contribution is -0.119. The van der Waals surface area contributed by atoms with Gasteiger partial charge in [0.25, 0.3) is 0 Å². The largest absolute Gasteiger partial charge is 0.356 e. The van der Waals surface area contributed by atoms with E-state index in [1.54, 1.807) is 0 Å². The summed E-state index contributed by atoms with van der Waals surface area (Å²) >= 11 is 0. The van der Waals surface area contributed by atoms with Gasteiger partial charge in [-0.2, -0.15) is 0 Å². The maximum Gasteiger partial charge on any atom is 0.220 e. The molecule has 2 atom stereocenters. The van der Waals surface area contributed by atoms with Crippen molar-refractivity contribution >= 4 is 5.91 Å². The Hall–Kier alpha value is -0.530. The van der Waals surface area contributed by atoms with Crippen molar-refractivity contribution in [2.24, 2.45) is 17.3 Å². The van der Waals surface area contributed by atoms with E-state index in [0.717, 1.165) is 24.8 Å². The lowest BCUT2D eigenvalue weighted by Crippen LogP contribution is -2.33. The van der Waals surface area contributed by atoms with Crippen LogP contribution in [0.2, 0.25) is 0 Å². The number of hydrogen-bond donors (Lipinski definition) is 1. The molecule has 1 amide bonds. The van der Waals surface area contributed by atoms with E-state index in [-0.39, 0.29) is 5.91 Å². The predicted octanol–water partition coefficient (Wildman–Crippen LogP) is 1.95. The van der Waals surface area contributed by atoms with Crippen molar-refractivity contribution in [3.05, 3.63) is 0 Å². The van der Waals surface area contributed by atoms with E-state index < -0.39 is 0 Å². The summed E-state index contributed by atoms with van der Waals surface area (Å²) in [6.45, 7) is 5.57. The van der Waals surface area contributed by atoms with Crippen LogP contribution in [0.1, 0.15) is 39.5 Å². The van der Waals surface area contributed by atoms with Gasteiger partial charge in [-0.25, -0.2) is 0 Å². The minimum Gasteiger partial charge on any atom is -0.356 e. The highest BCUT2D eigenvalue weighted by molar-refractivity contribution is 5.79. The third-order valence-electron chi connectivity index (χ3n) is 3.56. The van der Waals surface area contributed by atoms with Crippen molar-refractivity contribution in [3.63, 3.8) is 0 Å². The molecule has 0 radical (unpaired) electrons. The summed E-state index contributed by atoms with van der Waals surface area (Å²) < 4.78 is 0. The molecule has 2 fully saturated rings. The van der Waals surface area contributed by atoms with Gasteiger partial charge in [0.2, 0.25) is 5.91 Å². The van der Waals surface area contributed by atoms with Crippen molar-refractivity contribution < 1.29 is 4.79 Å². The van der Waals surface area contributed by atoms with E-state index in [0.29, 0.717) is 5.41 Å². The van der Waals surface area contributed by atoms with Gasteiger partial charge in [0, 0.05) is 13.0 Å². The maximum absolute atomic E-state index is 11.2. The Morgan fingerprint density at radius 2 is 1.92 bits per heavy atom. The summed E-state index contributed by atoms with van der Waals surface area (Å²) in [6, 6.07) is 0. The van der Waals surface area contributed by atoms with Crippen LogP contribution in [0.15, 0.2) is 0 Å². The van der Waals surface area contributed by atoms with Crippen LogP contribution >= 0.6 is 0 Å². The van der Waals surface area contributed by atoms with E-state index in [1.807, 2.05) is 0 Å². The number of carbonyl (C=O) groups is 1. The highest BCUT2D eigenvalue weighted by Crippen LogP contribution is 2.45. The Morgan fingerprint density at radius 1 is 1.31 bits per heavy atom. The Bertz CT molecular complexity index is 214. The third kappa shape index (κ3) is 1.72. The molecular weight excluding hydrogens is 162 g/mol. The molecule has 2 aliphatic rings. The van der Waals surface area contributed by atoms with Crippen molar-refractivity contribution in [1.29, 1.82) is 0 Å². The monoisotopic (exact) mass is 181 g/mol. The Labute approximate surface area is 80.1 Å². The zero-order chi connectivity index (χ0) is 9.47. The van der Waals surface area contributed by atoms with Crippen LogP contribution < -0.4 is 5.32 Å². The van der Waals surface area contributed by atoms with Crippen molar-refractivity contribution in [2.75, 3.05) is 6.54 Å². The van der Waals surface area contributed by atoms with Gasteiger partial charge in [-0.15, -0.1) is 0 Å². The standard InChI is InChI=1S/C11H19NO/c1-8-3-9(2)5-11(4-8)6-10(13)12-7-11/h8-9H,3-7H2,1-2H3,(H,12,13). The topological polar surface area (TPSA) is 29.1 Å². The molecule has 1 saturated heterocycles. The molecule has 0 bridgehead atoms. The lowest BCUT2D eigenvalue weighted by atomic mass is 9.66. The molecule has 74 valence electrons. The van der Waals surface area contributed by atoms with Crippen molar-refractivity contribution in [3.8, 4) is 0 Å². The second kappa shape index (κ2) is 3.00. The van der Waals surface area contributed by atoms with Crippen LogP contribution in [-0.4, -0.2) is 12.5 Å². The minimum absolute atomic E-state index is 0.265. The fraction of sp³-hybridized carbons (Fsp3) is 0.909. The molecule has 0 aromatic heterocycles. The summed E-state index contributed by atoms with van der Waals surface area (Å²) in [5, 5.41) is 2.98. The molecular formula is C11H19NO. The van der Waals surface area contributed by atoms with Crippen LogP contribution in [0.5, 0.6) is 0 Å². The quantitative estimate of drug-likeness (QED) is 0.608. The van der Waals surface area contributed by atoms with Gasteiger partial charge in [0.15, 0.2) is 0 Å². The van der Waals surface area contributed by atoms with E-state index in [1.165, 1.54) is 19.3 Å². The molecule has 13 heavy (non-hydrogen) atoms. The smallest absolute Gasteiger partial charge is 0.220 e. The highest BCUT2D eigenvalue weighted by Gasteiger charge is 2.43. The molecule has 1 heterocycles. The highest BCUT2D eigenvalue weighted by atomic mass is 16.1. The fourth-order valence-electron chi connectivity index (χ4n) is 3.46. The molecule has 2 rings (SSSR count). The van der Waals surface area contributed by atoms with Crippen LogP contribution in [0.3, 0.4) is 0 Å². The maximum atomic E-state index is 11.2. The van der Waals surface area contributed by atoms with Crippen molar-refractivity contribution in [2.45, 2.75) is 39.5 Å². The van der Waals surface area contributed by atoms with Gasteiger partial charge in [0.05, 0.1) is 0 Å². The van der Waals surface area contributed by atoms with Crippen LogP contribution in [0.4, 0.5) is 0 Å². The average molecular weight is 181 g/mol. The van der Waals surface area contributed by atoms with Crippen LogP contribution in [0, 0.1) is 17.3 Å². The number of carbonyl (C=O) groups excluding carboxylic acids is 1. The molecule has 1 spiro atoms. The van der Waals surface area contributed by atoms with E-state index in [2.05, 4.69) is 19.2 Å². The molecule has 2 heteroatoms. The van der Waals surface area contributed by atoms with Gasteiger partial charge in [-0.05, 0) is 36.5 Å². The molecule has 1 saturated carbocycles. The number of amides is 1. The summed E-state index contributed by atoms with van der Waals surface area (Å²) in [7, 11) is 0. The molecule has 1 aliphatic carbocycles. The Balaban J connectivity index is 2.09. The number of rotatable bonds is 0. The van der Waals surface area contributed by atoms with E-state index in [9.17, 15) is 4.79 Å². The normalized spacial score (nSPS) is 45.2. The van der Waals surface area contributed by atoms with Crippen molar-refractivity contribution in [1.82, 2.24) is 5.32 Å². The minimum atomic E-state index is 0.265. The fourth-order valence-corrected chi connectivity index (χ4v) is 3.46. The molecule has 0 aromatic carbocycles. The summed E-state index contributed by atoms with van der Waals surface area (Å²) in [5.41, 5.74) is 0.328. The first-order valence-corrected chi connectivity index (χ1v) is 5.36. The van der Waals surface area contributed by atoms with Gasteiger partial charge < -0.3 is 5.32 Å². The van der Waals surface area contributed by atoms with Gasteiger partial charge >= 0.3 is 0 Å². The average Bonchev–Trinajstić information content (AvgIpc) is 2.28. The summed E-state index contributed by atoms with van der Waals surface area (Å²) in [6.07, 6.45) is 4.61. The number of nitrogens with one attached hydrogen (secondary N) is 1. The van der Waals surface area contributed by atoms with E-state index >= 15 is 0 Å². The molecule has 2 unspecified atom stereocenters. The van der Waals surface area contributed by atoms with Gasteiger partial charge in [0.1, 0.15) is 0 Å². The predicted molar refractivity (Wildman–Crippen MR) is 52.2 cm³/mol. The Kier molecular flexibility index (Phi) is 2.09. The Morgan fingerprint density at radius 3 is 2.38 bits per heavy atom.